The van der Waals surface area contributed by atoms with Crippen LogP contribution in [0.1, 0.15) is 27.1 Å². The zero-order chi connectivity index (χ0) is 32.8. The van der Waals surface area contributed by atoms with Gasteiger partial charge in [-0.3, -0.25) is 9.59 Å². The second-order valence-electron chi connectivity index (χ2n) is 10.5. The molecule has 2 aliphatic rings. The van der Waals surface area contributed by atoms with E-state index in [-0.39, 0.29) is 33.9 Å². The number of nitrogens with one attached hydrogen (secondary N) is 2. The number of fused-ring (bicyclic) bond motifs is 2. The number of alkyl halides is 3. The third-order valence-electron chi connectivity index (χ3n) is 7.83. The van der Waals surface area contributed by atoms with Gasteiger partial charge in [0.25, 0.3) is 15.7 Å². The van der Waals surface area contributed by atoms with E-state index in [1.54, 1.807) is 12.2 Å². The molecule has 0 heterocycles. The Kier molecular flexibility index (Phi) is 8.16. The van der Waals surface area contributed by atoms with Gasteiger partial charge in [-0.25, -0.2) is 22.0 Å². The van der Waals surface area contributed by atoms with Gasteiger partial charge in [0.2, 0.25) is 5.91 Å². The van der Waals surface area contributed by atoms with Gasteiger partial charge in [0, 0.05) is 23.4 Å². The predicted molar refractivity (Wildman–Crippen MR) is 149 cm³/mol. The molecule has 3 aromatic carbocycles. The number of methoxy groups -OCH3 is 1. The summed E-state index contributed by atoms with van der Waals surface area (Å²) in [5, 5.41) is 14.2. The van der Waals surface area contributed by atoms with Crippen LogP contribution < -0.4 is 15.4 Å². The van der Waals surface area contributed by atoms with E-state index in [9.17, 15) is 40.4 Å². The second kappa shape index (κ2) is 11.6. The van der Waals surface area contributed by atoms with Crippen molar-refractivity contribution in [1.82, 2.24) is 5.32 Å². The van der Waals surface area contributed by atoms with Gasteiger partial charge in [0.05, 0.1) is 24.2 Å². The lowest BCUT2D eigenvalue weighted by molar-refractivity contribution is -0.121. The lowest BCUT2D eigenvalue weighted by atomic mass is 9.87. The van der Waals surface area contributed by atoms with Gasteiger partial charge in [-0.1, -0.05) is 24.3 Å². The van der Waals surface area contributed by atoms with Crippen LogP contribution in [0.5, 0.6) is 5.75 Å². The summed E-state index contributed by atoms with van der Waals surface area (Å²) in [5.74, 6) is -6.87. The molecule has 45 heavy (non-hydrogen) atoms. The van der Waals surface area contributed by atoms with Crippen molar-refractivity contribution in [1.29, 1.82) is 0 Å². The van der Waals surface area contributed by atoms with E-state index in [0.29, 0.717) is 18.6 Å². The number of hydrogen-bond donors (Lipinski definition) is 3. The number of carbonyl (C=O) groups is 3. The van der Waals surface area contributed by atoms with E-state index in [4.69, 9.17) is 9.84 Å². The number of aromatic carboxylic acids is 1. The van der Waals surface area contributed by atoms with Crippen LogP contribution in [0.2, 0.25) is 0 Å². The fraction of sp³-hybridized carbons (Fsp3) is 0.233. The molecule has 1 saturated carbocycles. The molecule has 5 rings (SSSR count). The number of halogens is 5. The van der Waals surface area contributed by atoms with Crippen LogP contribution in [0.3, 0.4) is 0 Å². The molecule has 236 valence electrons. The van der Waals surface area contributed by atoms with Gasteiger partial charge in [0.15, 0.2) is 0 Å². The number of anilines is 1. The van der Waals surface area contributed by atoms with Crippen molar-refractivity contribution in [2.45, 2.75) is 22.9 Å². The number of carboxylic acids is 1. The van der Waals surface area contributed by atoms with Crippen LogP contribution in [0.25, 0.3) is 11.1 Å². The minimum absolute atomic E-state index is 0.0269. The molecule has 2 amide bonds. The van der Waals surface area contributed by atoms with Gasteiger partial charge in [-0.2, -0.15) is 13.2 Å². The molecular formula is C30H23F5N2O7S. The molecular weight excluding hydrogens is 627 g/mol. The molecule has 0 spiro atoms. The highest BCUT2D eigenvalue weighted by Gasteiger charge is 2.50. The Morgan fingerprint density at radius 3 is 2.22 bits per heavy atom. The van der Waals surface area contributed by atoms with Gasteiger partial charge >= 0.3 is 11.5 Å². The number of allylic oxidation sites excluding steroid dienone is 1. The maximum absolute atomic E-state index is 15.0. The molecule has 9 nitrogen and oxygen atoms in total. The minimum atomic E-state index is -6.05. The fourth-order valence-corrected chi connectivity index (χ4v) is 6.51. The van der Waals surface area contributed by atoms with Crippen molar-refractivity contribution in [3.05, 3.63) is 89.5 Å². The number of benzene rings is 3. The van der Waals surface area contributed by atoms with Crippen LogP contribution in [-0.2, 0) is 14.6 Å². The normalized spacial score (nSPS) is 20.6. The first-order valence-electron chi connectivity index (χ1n) is 13.2. The molecule has 2 bridgehead atoms. The lowest BCUT2D eigenvalue weighted by Crippen LogP contribution is -2.47. The van der Waals surface area contributed by atoms with Crippen molar-refractivity contribution >= 4 is 33.3 Å². The minimum Gasteiger partial charge on any atom is -0.496 e. The number of sulfone groups is 1. The summed E-state index contributed by atoms with van der Waals surface area (Å²) in [5.41, 5.74) is -6.05. The fourth-order valence-electron chi connectivity index (χ4n) is 5.66. The first kappa shape index (κ1) is 31.6. The van der Waals surface area contributed by atoms with Crippen molar-refractivity contribution < 1.29 is 54.6 Å². The maximum Gasteiger partial charge on any atom is 0.502 e. The van der Waals surface area contributed by atoms with Crippen molar-refractivity contribution in [3.8, 4) is 16.9 Å². The summed E-state index contributed by atoms with van der Waals surface area (Å²) in [6, 6.07) is 8.44. The maximum atomic E-state index is 15.0. The largest absolute Gasteiger partial charge is 0.502 e. The van der Waals surface area contributed by atoms with Gasteiger partial charge < -0.3 is 20.5 Å². The highest BCUT2D eigenvalue weighted by atomic mass is 32.2. The van der Waals surface area contributed by atoms with Gasteiger partial charge in [-0.15, -0.1) is 0 Å². The number of amides is 2. The second-order valence-corrected chi connectivity index (χ2v) is 12.4. The Morgan fingerprint density at radius 1 is 0.933 bits per heavy atom. The van der Waals surface area contributed by atoms with Crippen LogP contribution in [0, 0.1) is 29.4 Å². The summed E-state index contributed by atoms with van der Waals surface area (Å²) in [4.78, 5) is 36.5. The number of rotatable bonds is 8. The SMILES string of the molecule is COc1cc(F)c(-c2ccc(C(=O)O)cc2)cc1C(=O)N[C@@H]1[C@H](C(=O)Nc2ccc(F)c(S(=O)(=O)C(F)(F)F)c2)[C@H]2C=C[C@@H]1C2. The Labute approximate surface area is 252 Å². The van der Waals surface area contributed by atoms with Crippen LogP contribution in [-0.4, -0.2) is 50.0 Å². The molecule has 0 aliphatic heterocycles. The molecule has 0 saturated heterocycles. The Morgan fingerprint density at radius 2 is 1.60 bits per heavy atom. The number of hydrogen-bond acceptors (Lipinski definition) is 6. The molecule has 4 atom stereocenters. The smallest absolute Gasteiger partial charge is 0.496 e. The molecule has 3 N–H and O–H groups in total. The van der Waals surface area contributed by atoms with Crippen molar-refractivity contribution in [2.24, 2.45) is 17.8 Å². The lowest BCUT2D eigenvalue weighted by Gasteiger charge is -2.28. The average Bonchev–Trinajstić information content (AvgIpc) is 3.59. The van der Waals surface area contributed by atoms with E-state index in [1.165, 1.54) is 37.4 Å². The van der Waals surface area contributed by atoms with Crippen LogP contribution >= 0.6 is 0 Å². The molecule has 3 aromatic rings. The molecule has 0 unspecified atom stereocenters. The predicted octanol–water partition coefficient (Wildman–Crippen LogP) is 5.19. The molecule has 1 fully saturated rings. The molecule has 15 heteroatoms. The zero-order valence-electron chi connectivity index (χ0n) is 23.1. The monoisotopic (exact) mass is 650 g/mol. The number of carbonyl (C=O) groups excluding carboxylic acids is 2. The van der Waals surface area contributed by atoms with E-state index >= 15 is 4.39 Å². The first-order valence-corrected chi connectivity index (χ1v) is 14.7. The highest BCUT2D eigenvalue weighted by Crippen LogP contribution is 2.45. The van der Waals surface area contributed by atoms with Crippen LogP contribution in [0.15, 0.2) is 71.6 Å². The van der Waals surface area contributed by atoms with E-state index in [0.717, 1.165) is 12.1 Å². The summed E-state index contributed by atoms with van der Waals surface area (Å²) >= 11 is 0. The standard InChI is InChI=1S/C30H23F5N2O7S/c1-44-23-13-22(32)19(14-2-4-15(5-3-14)29(40)41)12-20(23)27(38)37-26-17-7-6-16(10-17)25(26)28(39)36-18-8-9-21(31)24(11-18)45(42,43)30(33,34)35/h2-9,11-13,16-17,25-26H,10H2,1H3,(H,36,39)(H,37,38)(H,40,41)/t16-,17+,25+,26-/m0/s1. The summed E-state index contributed by atoms with van der Waals surface area (Å²) in [6.07, 6.45) is 3.99. The van der Waals surface area contributed by atoms with Crippen molar-refractivity contribution in [3.63, 3.8) is 0 Å². The number of ether oxygens (including phenoxy) is 1. The van der Waals surface area contributed by atoms with E-state index in [2.05, 4.69) is 10.6 Å². The molecule has 2 aliphatic carbocycles. The van der Waals surface area contributed by atoms with Crippen LogP contribution in [0.4, 0.5) is 27.6 Å². The third-order valence-corrected chi connectivity index (χ3v) is 9.33. The molecule has 0 radical (unpaired) electrons. The summed E-state index contributed by atoms with van der Waals surface area (Å²) in [7, 11) is -4.83. The summed E-state index contributed by atoms with van der Waals surface area (Å²) in [6.45, 7) is 0. The third kappa shape index (κ3) is 5.87. The number of carboxylic acid groups (broad SMARTS) is 1. The average molecular weight is 651 g/mol. The van der Waals surface area contributed by atoms with Crippen molar-refractivity contribution in [2.75, 3.05) is 12.4 Å². The Hall–Kier alpha value is -4.79. The van der Waals surface area contributed by atoms with E-state index < -0.39 is 73.2 Å². The Bertz CT molecular complexity index is 1840. The van der Waals surface area contributed by atoms with Gasteiger partial charge in [0.1, 0.15) is 22.3 Å². The zero-order valence-corrected chi connectivity index (χ0v) is 23.9. The quantitative estimate of drug-likeness (QED) is 0.225. The highest BCUT2D eigenvalue weighted by molar-refractivity contribution is 7.92. The molecule has 0 aromatic heterocycles. The van der Waals surface area contributed by atoms with Gasteiger partial charge in [-0.05, 0) is 60.2 Å². The first-order chi connectivity index (χ1) is 21.1. The Balaban J connectivity index is 1.41. The van der Waals surface area contributed by atoms with E-state index in [1.807, 2.05) is 0 Å². The summed E-state index contributed by atoms with van der Waals surface area (Å²) < 4.78 is 97.1. The topological polar surface area (TPSA) is 139 Å².